The minimum absolute atomic E-state index is 0.239. The van der Waals surface area contributed by atoms with Crippen LogP contribution in [0.3, 0.4) is 0 Å². The smallest absolute Gasteiger partial charge is 0.282 e. The summed E-state index contributed by atoms with van der Waals surface area (Å²) >= 11 is 0. The average Bonchev–Trinajstić information content (AvgIpc) is 3.02. The first-order valence-corrected chi connectivity index (χ1v) is 10.6. The van der Waals surface area contributed by atoms with Crippen LogP contribution in [0.4, 0.5) is 11.4 Å². The van der Waals surface area contributed by atoms with Crippen LogP contribution in [0.15, 0.2) is 72.4 Å². The Bertz CT molecular complexity index is 1210. The zero-order chi connectivity index (χ0) is 22.8. The standard InChI is InChI=1S/C27H26N2O3/c1-5-19-10-12-20(13-11-19)28-25-24(22-8-6-7-9-23(22)32-4)26(30)29(27(25)31)21-15-17(2)14-18(3)16-21/h6-16,28H,5H2,1-4H3. The lowest BCUT2D eigenvalue weighted by molar-refractivity contribution is -0.120. The van der Waals surface area contributed by atoms with Crippen molar-refractivity contribution in [3.8, 4) is 5.75 Å². The van der Waals surface area contributed by atoms with Crippen molar-refractivity contribution >= 4 is 28.8 Å². The Morgan fingerprint density at radius 1 is 0.875 bits per heavy atom. The van der Waals surface area contributed by atoms with Crippen LogP contribution in [0, 0.1) is 13.8 Å². The summed E-state index contributed by atoms with van der Waals surface area (Å²) in [5, 5.41) is 3.21. The highest BCUT2D eigenvalue weighted by molar-refractivity contribution is 6.46. The number of nitrogens with one attached hydrogen (secondary N) is 1. The maximum atomic E-state index is 13.7. The summed E-state index contributed by atoms with van der Waals surface area (Å²) in [6, 6.07) is 20.8. The molecule has 3 aromatic carbocycles. The van der Waals surface area contributed by atoms with Crippen LogP contribution in [-0.4, -0.2) is 18.9 Å². The van der Waals surface area contributed by atoms with Crippen LogP contribution in [0.25, 0.3) is 5.57 Å². The molecular weight excluding hydrogens is 400 g/mol. The number of carbonyl (C=O) groups is 2. The molecule has 0 saturated heterocycles. The molecule has 32 heavy (non-hydrogen) atoms. The molecule has 0 bridgehead atoms. The number of hydrogen-bond donors (Lipinski definition) is 1. The van der Waals surface area contributed by atoms with Gasteiger partial charge in [-0.2, -0.15) is 0 Å². The first-order chi connectivity index (χ1) is 15.4. The molecule has 0 atom stereocenters. The SMILES string of the molecule is CCc1ccc(NC2=C(c3ccccc3OC)C(=O)N(c3cc(C)cc(C)c3)C2=O)cc1. The molecule has 0 aliphatic carbocycles. The van der Waals surface area contributed by atoms with Gasteiger partial charge in [0.1, 0.15) is 11.4 Å². The number of imide groups is 1. The summed E-state index contributed by atoms with van der Waals surface area (Å²) in [7, 11) is 1.55. The molecule has 1 aliphatic heterocycles. The Morgan fingerprint density at radius 3 is 2.16 bits per heavy atom. The fourth-order valence-electron chi connectivity index (χ4n) is 4.03. The minimum Gasteiger partial charge on any atom is -0.496 e. The minimum atomic E-state index is -0.388. The van der Waals surface area contributed by atoms with E-state index in [1.54, 1.807) is 19.2 Å². The number of anilines is 2. The lowest BCUT2D eigenvalue weighted by Crippen LogP contribution is -2.32. The van der Waals surface area contributed by atoms with Crippen molar-refractivity contribution in [3.05, 3.63) is 94.7 Å². The van der Waals surface area contributed by atoms with Crippen LogP contribution in [0.2, 0.25) is 0 Å². The van der Waals surface area contributed by atoms with E-state index in [1.807, 2.05) is 68.4 Å². The first-order valence-electron chi connectivity index (χ1n) is 10.6. The van der Waals surface area contributed by atoms with Gasteiger partial charge >= 0.3 is 0 Å². The first kappa shape index (κ1) is 21.4. The van der Waals surface area contributed by atoms with Gasteiger partial charge in [-0.1, -0.05) is 43.3 Å². The van der Waals surface area contributed by atoms with Gasteiger partial charge < -0.3 is 10.1 Å². The van der Waals surface area contributed by atoms with Gasteiger partial charge in [0.15, 0.2) is 0 Å². The van der Waals surface area contributed by atoms with Crippen molar-refractivity contribution < 1.29 is 14.3 Å². The number of nitrogens with zero attached hydrogens (tertiary/aromatic N) is 1. The second kappa shape index (κ2) is 8.71. The number of amides is 2. The predicted octanol–water partition coefficient (Wildman–Crippen LogP) is 5.27. The fraction of sp³-hybridized carbons (Fsp3) is 0.185. The highest BCUT2D eigenvalue weighted by Gasteiger charge is 2.41. The van der Waals surface area contributed by atoms with E-state index in [4.69, 9.17) is 4.74 Å². The number of hydrogen-bond acceptors (Lipinski definition) is 4. The number of carbonyl (C=O) groups excluding carboxylic acids is 2. The number of ether oxygens (including phenoxy) is 1. The van der Waals surface area contributed by atoms with Gasteiger partial charge in [-0.3, -0.25) is 9.59 Å². The molecule has 5 nitrogen and oxygen atoms in total. The van der Waals surface area contributed by atoms with Crippen molar-refractivity contribution in [3.63, 3.8) is 0 Å². The lowest BCUT2D eigenvalue weighted by atomic mass is 10.0. The van der Waals surface area contributed by atoms with Crippen molar-refractivity contribution in [1.82, 2.24) is 0 Å². The molecule has 0 fully saturated rings. The Hall–Kier alpha value is -3.86. The average molecular weight is 427 g/mol. The van der Waals surface area contributed by atoms with Gasteiger partial charge in [-0.25, -0.2) is 4.90 Å². The Labute approximate surface area is 188 Å². The Morgan fingerprint density at radius 2 is 1.53 bits per heavy atom. The quantitative estimate of drug-likeness (QED) is 0.546. The normalized spacial score (nSPS) is 13.7. The highest BCUT2D eigenvalue weighted by Crippen LogP contribution is 2.37. The predicted molar refractivity (Wildman–Crippen MR) is 128 cm³/mol. The van der Waals surface area contributed by atoms with E-state index in [9.17, 15) is 9.59 Å². The van der Waals surface area contributed by atoms with Gasteiger partial charge in [-0.05, 0) is 67.3 Å². The van der Waals surface area contributed by atoms with Crippen LogP contribution < -0.4 is 15.0 Å². The van der Waals surface area contributed by atoms with Crippen LogP contribution >= 0.6 is 0 Å². The molecule has 5 heteroatoms. The van der Waals surface area contributed by atoms with Crippen LogP contribution in [0.5, 0.6) is 5.75 Å². The largest absolute Gasteiger partial charge is 0.496 e. The molecular formula is C27H26N2O3. The molecule has 2 amide bonds. The third kappa shape index (κ3) is 3.89. The monoisotopic (exact) mass is 426 g/mol. The summed E-state index contributed by atoms with van der Waals surface area (Å²) in [6.07, 6.45) is 0.924. The molecule has 0 radical (unpaired) electrons. The van der Waals surface area contributed by atoms with Crippen molar-refractivity contribution in [2.45, 2.75) is 27.2 Å². The summed E-state index contributed by atoms with van der Waals surface area (Å²) < 4.78 is 5.51. The topological polar surface area (TPSA) is 58.6 Å². The number of methoxy groups -OCH3 is 1. The van der Waals surface area contributed by atoms with E-state index in [0.29, 0.717) is 22.6 Å². The number of aryl methyl sites for hydroxylation is 3. The maximum Gasteiger partial charge on any atom is 0.282 e. The number of benzene rings is 3. The van der Waals surface area contributed by atoms with Gasteiger partial charge in [0.25, 0.3) is 11.8 Å². The molecule has 0 saturated carbocycles. The molecule has 0 aromatic heterocycles. The third-order valence-corrected chi connectivity index (χ3v) is 5.56. The molecule has 1 aliphatic rings. The molecule has 4 rings (SSSR count). The molecule has 3 aromatic rings. The van der Waals surface area contributed by atoms with E-state index < -0.39 is 0 Å². The molecule has 1 heterocycles. The highest BCUT2D eigenvalue weighted by atomic mass is 16.5. The second-order valence-electron chi connectivity index (χ2n) is 7.92. The molecule has 0 spiro atoms. The Kier molecular flexibility index (Phi) is 5.82. The van der Waals surface area contributed by atoms with E-state index in [-0.39, 0.29) is 17.5 Å². The van der Waals surface area contributed by atoms with Crippen molar-refractivity contribution in [2.24, 2.45) is 0 Å². The van der Waals surface area contributed by atoms with Crippen LogP contribution in [0.1, 0.15) is 29.2 Å². The molecule has 162 valence electrons. The van der Waals surface area contributed by atoms with E-state index >= 15 is 0 Å². The second-order valence-corrected chi connectivity index (χ2v) is 7.92. The fourth-order valence-corrected chi connectivity index (χ4v) is 4.03. The molecule has 0 unspecified atom stereocenters. The summed E-state index contributed by atoms with van der Waals surface area (Å²) in [5.74, 6) is -0.232. The number of rotatable bonds is 6. The lowest BCUT2D eigenvalue weighted by Gasteiger charge is -2.17. The summed E-state index contributed by atoms with van der Waals surface area (Å²) in [6.45, 7) is 5.99. The van der Waals surface area contributed by atoms with Gasteiger partial charge in [0.05, 0.1) is 18.4 Å². The van der Waals surface area contributed by atoms with Gasteiger partial charge in [-0.15, -0.1) is 0 Å². The van der Waals surface area contributed by atoms with Crippen LogP contribution in [-0.2, 0) is 16.0 Å². The summed E-state index contributed by atoms with van der Waals surface area (Å²) in [4.78, 5) is 28.5. The van der Waals surface area contributed by atoms with Gasteiger partial charge in [0, 0.05) is 11.3 Å². The third-order valence-electron chi connectivity index (χ3n) is 5.56. The van der Waals surface area contributed by atoms with E-state index in [2.05, 4.69) is 12.2 Å². The van der Waals surface area contributed by atoms with Crippen molar-refractivity contribution in [2.75, 3.05) is 17.3 Å². The van der Waals surface area contributed by atoms with Gasteiger partial charge in [0.2, 0.25) is 0 Å². The zero-order valence-electron chi connectivity index (χ0n) is 18.7. The number of para-hydroxylation sites is 1. The maximum absolute atomic E-state index is 13.7. The van der Waals surface area contributed by atoms with Crippen molar-refractivity contribution in [1.29, 1.82) is 0 Å². The zero-order valence-corrected chi connectivity index (χ0v) is 18.7. The van der Waals surface area contributed by atoms with E-state index in [0.717, 1.165) is 23.2 Å². The Balaban J connectivity index is 1.85. The van der Waals surface area contributed by atoms with E-state index in [1.165, 1.54) is 10.5 Å². The molecule has 1 N–H and O–H groups in total. The summed E-state index contributed by atoms with van der Waals surface area (Å²) in [5.41, 5.74) is 5.57.